The molecule has 31 heavy (non-hydrogen) atoms. The van der Waals surface area contributed by atoms with Crippen molar-refractivity contribution in [3.8, 4) is 0 Å². The second-order valence-electron chi connectivity index (χ2n) is 7.37. The van der Waals surface area contributed by atoms with Crippen molar-refractivity contribution in [2.24, 2.45) is 5.92 Å². The highest BCUT2D eigenvalue weighted by Crippen LogP contribution is 2.36. The number of thiophene rings is 1. The van der Waals surface area contributed by atoms with Crippen molar-refractivity contribution in [1.29, 1.82) is 0 Å². The lowest BCUT2D eigenvalue weighted by atomic mass is 9.89. The Morgan fingerprint density at radius 1 is 1.39 bits per heavy atom. The van der Waals surface area contributed by atoms with Crippen LogP contribution in [-0.4, -0.2) is 39.2 Å². The molecule has 0 fully saturated rings. The summed E-state index contributed by atoms with van der Waals surface area (Å²) in [6.07, 6.45) is 3.08. The Labute approximate surface area is 190 Å². The van der Waals surface area contributed by atoms with Gasteiger partial charge < -0.3 is 15.0 Å². The lowest BCUT2D eigenvalue weighted by Crippen LogP contribution is -2.16. The largest absolute Gasteiger partial charge is 0.466 e. The predicted octanol–water partition coefficient (Wildman–Crippen LogP) is 3.40. The van der Waals surface area contributed by atoms with Crippen LogP contribution in [0.1, 0.15) is 36.4 Å². The highest BCUT2D eigenvalue weighted by atomic mass is 32.2. The zero-order valence-electron chi connectivity index (χ0n) is 17.1. The average molecular weight is 479 g/mol. The summed E-state index contributed by atoms with van der Waals surface area (Å²) >= 11 is 4.01. The number of H-pyrrole nitrogens is 1. The lowest BCUT2D eigenvalue weighted by molar-refractivity contribution is -0.142. The first kappa shape index (κ1) is 22.0. The molecular formula is C20H22N4O4S3. The van der Waals surface area contributed by atoms with Crippen molar-refractivity contribution in [2.75, 3.05) is 17.7 Å². The van der Waals surface area contributed by atoms with E-state index in [4.69, 9.17) is 4.74 Å². The Morgan fingerprint density at radius 3 is 3.03 bits per heavy atom. The number of rotatable bonds is 7. The number of esters is 1. The summed E-state index contributed by atoms with van der Waals surface area (Å²) in [7, 11) is 0. The molecule has 0 spiro atoms. The molecule has 1 aliphatic rings. The van der Waals surface area contributed by atoms with Gasteiger partial charge in [0.1, 0.15) is 4.83 Å². The monoisotopic (exact) mass is 478 g/mol. The number of aryl methyl sites for hydroxylation is 1. The quantitative estimate of drug-likeness (QED) is 0.304. The summed E-state index contributed by atoms with van der Waals surface area (Å²) in [6.45, 7) is 4.29. The molecule has 3 aromatic rings. The molecule has 0 bridgehead atoms. The van der Waals surface area contributed by atoms with Crippen LogP contribution in [0, 0.1) is 5.92 Å². The molecule has 0 aliphatic heterocycles. The van der Waals surface area contributed by atoms with Crippen molar-refractivity contribution in [3.63, 3.8) is 0 Å². The molecule has 0 radical (unpaired) electrons. The molecule has 0 aromatic carbocycles. The van der Waals surface area contributed by atoms with Crippen LogP contribution in [0.2, 0.25) is 0 Å². The summed E-state index contributed by atoms with van der Waals surface area (Å²) in [5, 5.41) is 5.98. The number of carbonyl (C=O) groups is 2. The van der Waals surface area contributed by atoms with Gasteiger partial charge in [0.05, 0.1) is 29.9 Å². The third-order valence-electron chi connectivity index (χ3n) is 4.91. The van der Waals surface area contributed by atoms with E-state index in [9.17, 15) is 14.4 Å². The number of nitrogens with zero attached hydrogens (tertiary/aromatic N) is 2. The van der Waals surface area contributed by atoms with E-state index in [0.717, 1.165) is 29.7 Å². The van der Waals surface area contributed by atoms with Crippen molar-refractivity contribution < 1.29 is 14.3 Å². The standard InChI is InChI=1S/C20H22N4O4S3/c1-3-28-15(26)7-11-8-29-19(21-11)22-14(25)9-30-20-23-17(27)16-12-5-4-10(2)6-13(12)31-18(16)24-20/h8,10H,3-7,9H2,1-2H3,(H,21,22,25)(H,23,24,27). The molecule has 3 aromatic heterocycles. The number of fused-ring (bicyclic) bond motifs is 3. The Kier molecular flexibility index (Phi) is 6.73. The van der Waals surface area contributed by atoms with Gasteiger partial charge in [-0.2, -0.15) is 0 Å². The number of thiazole rings is 1. The zero-order chi connectivity index (χ0) is 22.0. The second-order valence-corrected chi connectivity index (χ2v) is 10.3. The van der Waals surface area contributed by atoms with Gasteiger partial charge in [-0.1, -0.05) is 18.7 Å². The lowest BCUT2D eigenvalue weighted by Gasteiger charge is -2.17. The minimum atomic E-state index is -0.351. The normalized spacial score (nSPS) is 15.6. The number of hydrogen-bond donors (Lipinski definition) is 2. The summed E-state index contributed by atoms with van der Waals surface area (Å²) in [4.78, 5) is 50.1. The summed E-state index contributed by atoms with van der Waals surface area (Å²) in [6, 6.07) is 0. The number of amides is 1. The molecule has 11 heteroatoms. The van der Waals surface area contributed by atoms with Crippen molar-refractivity contribution >= 4 is 61.7 Å². The molecule has 4 rings (SSSR count). The molecule has 1 unspecified atom stereocenters. The maximum absolute atomic E-state index is 12.6. The van der Waals surface area contributed by atoms with Crippen LogP contribution >= 0.6 is 34.4 Å². The number of aromatic nitrogens is 3. The minimum Gasteiger partial charge on any atom is -0.466 e. The molecule has 8 nitrogen and oxygen atoms in total. The van der Waals surface area contributed by atoms with E-state index in [0.29, 0.717) is 33.9 Å². The van der Waals surface area contributed by atoms with Gasteiger partial charge in [-0.3, -0.25) is 14.4 Å². The van der Waals surface area contributed by atoms with Crippen LogP contribution in [-0.2, 0) is 33.6 Å². The van der Waals surface area contributed by atoms with Gasteiger partial charge in [-0.15, -0.1) is 22.7 Å². The summed E-state index contributed by atoms with van der Waals surface area (Å²) in [5.41, 5.74) is 1.56. The maximum Gasteiger partial charge on any atom is 0.311 e. The van der Waals surface area contributed by atoms with Crippen molar-refractivity contribution in [2.45, 2.75) is 44.7 Å². The highest BCUT2D eigenvalue weighted by molar-refractivity contribution is 7.99. The van der Waals surface area contributed by atoms with Gasteiger partial charge in [0.2, 0.25) is 5.91 Å². The van der Waals surface area contributed by atoms with Crippen molar-refractivity contribution in [1.82, 2.24) is 15.0 Å². The van der Waals surface area contributed by atoms with Crippen LogP contribution < -0.4 is 10.9 Å². The van der Waals surface area contributed by atoms with E-state index in [-0.39, 0.29) is 29.6 Å². The van der Waals surface area contributed by atoms with Crippen LogP contribution in [0.5, 0.6) is 0 Å². The average Bonchev–Trinajstić information content (AvgIpc) is 3.29. The fourth-order valence-electron chi connectivity index (χ4n) is 3.49. The fourth-order valence-corrected chi connectivity index (χ4v) is 6.32. The summed E-state index contributed by atoms with van der Waals surface area (Å²) in [5.74, 6) is 0.102. The molecule has 1 aliphatic carbocycles. The number of aromatic amines is 1. The maximum atomic E-state index is 12.6. The van der Waals surface area contributed by atoms with E-state index in [1.165, 1.54) is 28.0 Å². The van der Waals surface area contributed by atoms with Gasteiger partial charge >= 0.3 is 5.97 Å². The van der Waals surface area contributed by atoms with E-state index in [1.807, 2.05) is 0 Å². The SMILES string of the molecule is CCOC(=O)Cc1csc(NC(=O)CSc2nc3sc4c(c3c(=O)[nH]2)CCC(C)C4)n1. The van der Waals surface area contributed by atoms with Gasteiger partial charge in [-0.05, 0) is 37.7 Å². The Balaban J connectivity index is 1.38. The van der Waals surface area contributed by atoms with Gasteiger partial charge in [0, 0.05) is 10.3 Å². The zero-order valence-corrected chi connectivity index (χ0v) is 19.6. The number of hydrogen-bond acceptors (Lipinski definition) is 9. The van der Waals surface area contributed by atoms with E-state index >= 15 is 0 Å². The van der Waals surface area contributed by atoms with E-state index in [2.05, 4.69) is 27.2 Å². The van der Waals surface area contributed by atoms with Gasteiger partial charge in [-0.25, -0.2) is 9.97 Å². The first-order valence-electron chi connectivity index (χ1n) is 10.00. The Bertz CT molecular complexity index is 1180. The van der Waals surface area contributed by atoms with Crippen LogP contribution in [0.25, 0.3) is 10.2 Å². The Morgan fingerprint density at radius 2 is 2.23 bits per heavy atom. The van der Waals surface area contributed by atoms with Crippen LogP contribution in [0.3, 0.4) is 0 Å². The summed E-state index contributed by atoms with van der Waals surface area (Å²) < 4.78 is 4.90. The molecule has 164 valence electrons. The smallest absolute Gasteiger partial charge is 0.311 e. The van der Waals surface area contributed by atoms with E-state index < -0.39 is 0 Å². The molecular weight excluding hydrogens is 456 g/mol. The van der Waals surface area contributed by atoms with Crippen LogP contribution in [0.15, 0.2) is 15.3 Å². The molecule has 1 amide bonds. The number of nitrogens with one attached hydrogen (secondary N) is 2. The first-order valence-corrected chi connectivity index (χ1v) is 12.7. The number of thioether (sulfide) groups is 1. The molecule has 0 saturated carbocycles. The predicted molar refractivity (Wildman–Crippen MR) is 123 cm³/mol. The molecule has 1 atom stereocenters. The number of anilines is 1. The third kappa shape index (κ3) is 5.16. The molecule has 0 saturated heterocycles. The number of carbonyl (C=O) groups excluding carboxylic acids is 2. The second kappa shape index (κ2) is 9.49. The minimum absolute atomic E-state index is 0.0731. The third-order valence-corrected chi connectivity index (χ3v) is 7.74. The highest BCUT2D eigenvalue weighted by Gasteiger charge is 2.23. The van der Waals surface area contributed by atoms with Gasteiger partial charge in [0.15, 0.2) is 10.3 Å². The van der Waals surface area contributed by atoms with Gasteiger partial charge in [0.25, 0.3) is 5.56 Å². The molecule has 2 N–H and O–H groups in total. The number of ether oxygens (including phenoxy) is 1. The fraction of sp³-hybridized carbons (Fsp3) is 0.450. The van der Waals surface area contributed by atoms with E-state index in [1.54, 1.807) is 23.6 Å². The molecule has 3 heterocycles. The topological polar surface area (TPSA) is 114 Å². The first-order chi connectivity index (χ1) is 14.9. The van der Waals surface area contributed by atoms with Crippen LogP contribution in [0.4, 0.5) is 5.13 Å². The Hall–Kier alpha value is -2.24. The van der Waals surface area contributed by atoms with Crippen molar-refractivity contribution in [3.05, 3.63) is 31.9 Å².